The van der Waals surface area contributed by atoms with Gasteiger partial charge in [0.2, 0.25) is 0 Å². The quantitative estimate of drug-likeness (QED) is 0.106. The zero-order chi connectivity index (χ0) is 50.6. The van der Waals surface area contributed by atoms with Crippen LogP contribution < -0.4 is 19.3 Å². The zero-order valence-electron chi connectivity index (χ0n) is 42.9. The molecule has 7 aliphatic rings. The van der Waals surface area contributed by atoms with E-state index in [2.05, 4.69) is 257 Å². The Bertz CT molecular complexity index is 3990. The molecule has 6 nitrogen and oxygen atoms in total. The van der Waals surface area contributed by atoms with E-state index in [-0.39, 0.29) is 33.3 Å². The number of anilines is 5. The Labute approximate surface area is 471 Å². The van der Waals surface area contributed by atoms with Crippen molar-refractivity contribution < 1.29 is 25.8 Å². The number of para-hydroxylation sites is 5. The van der Waals surface area contributed by atoms with Crippen LogP contribution in [0.1, 0.15) is 43.2 Å². The molecule has 8 aromatic carbocycles. The van der Waals surface area contributed by atoms with Gasteiger partial charge in [-0.3, -0.25) is 0 Å². The molecule has 8 heteroatoms. The average Bonchev–Trinajstić information content (AvgIpc) is 4.16. The standard InChI is InChI=1S/C70H53BN5O.Pt/c1-3-16-49(17-4-1)58-24-14-25-59(50-18-5-2-6-19-50)69(58)74-46-73(64-28-11-12-29-65(64)74)55-21-13-22-56(44-55)77-57-31-32-61-60-23-8-10-27-63(60)76(66(61)45-57)68-43-52(34-36-72-68)70(53-39-47-38-48(41-53)42-54(70)40-47)67-30-15-37-75-62-26-9-7-20-51(62)33-35-71(67)75;/h1-37,43,46-48,53-54H,38-42H2;/q-3;. The van der Waals surface area contributed by atoms with Crippen LogP contribution in [-0.4, -0.2) is 16.4 Å². The third-order valence-corrected chi connectivity index (χ3v) is 18.0. The van der Waals surface area contributed by atoms with Crippen LogP contribution in [0.3, 0.4) is 0 Å². The Morgan fingerprint density at radius 2 is 1.24 bits per heavy atom. The first-order valence-electron chi connectivity index (χ1n) is 27.5. The molecule has 0 atom stereocenters. The van der Waals surface area contributed by atoms with E-state index in [1.165, 1.54) is 54.4 Å². The summed E-state index contributed by atoms with van der Waals surface area (Å²) < 4.78 is 9.18. The molecule has 4 bridgehead atoms. The van der Waals surface area contributed by atoms with Gasteiger partial charge in [-0.15, -0.1) is 48.1 Å². The molecule has 4 aliphatic carbocycles. The van der Waals surface area contributed by atoms with Gasteiger partial charge in [0.15, 0.2) is 0 Å². The van der Waals surface area contributed by atoms with Crippen LogP contribution in [0.2, 0.25) is 0 Å². The van der Waals surface area contributed by atoms with Crippen LogP contribution in [0, 0.1) is 42.5 Å². The van der Waals surface area contributed by atoms with E-state index < -0.39 is 0 Å². The largest absolute Gasteiger partial charge is 0.509 e. The molecule has 78 heavy (non-hydrogen) atoms. The number of pyridine rings is 1. The number of ether oxygens (including phenoxy) is 1. The minimum atomic E-state index is -0.118. The third kappa shape index (κ3) is 7.38. The number of fused-ring (bicyclic) bond motifs is 7. The van der Waals surface area contributed by atoms with Crippen molar-refractivity contribution in [3.8, 4) is 39.6 Å². The molecule has 2 aromatic heterocycles. The number of benzene rings is 8. The van der Waals surface area contributed by atoms with E-state index >= 15 is 0 Å². The summed E-state index contributed by atoms with van der Waals surface area (Å²) in [5.41, 5.74) is 16.1. The summed E-state index contributed by atoms with van der Waals surface area (Å²) in [6, 6.07) is 76.8. The van der Waals surface area contributed by atoms with Crippen molar-refractivity contribution in [2.75, 3.05) is 14.6 Å². The fourth-order valence-corrected chi connectivity index (χ4v) is 15.2. The second-order valence-electron chi connectivity index (χ2n) is 22.0. The number of hydrogen-bond donors (Lipinski definition) is 0. The minimum Gasteiger partial charge on any atom is -0.509 e. The van der Waals surface area contributed by atoms with Gasteiger partial charge in [0, 0.05) is 83.6 Å². The average molecular weight is 1190 g/mol. The van der Waals surface area contributed by atoms with E-state index in [9.17, 15) is 0 Å². The van der Waals surface area contributed by atoms with Crippen LogP contribution in [0.4, 0.5) is 28.4 Å². The topological polar surface area (TPSA) is 36.8 Å². The van der Waals surface area contributed by atoms with Crippen molar-refractivity contribution in [3.05, 3.63) is 260 Å². The zero-order valence-corrected chi connectivity index (χ0v) is 45.2. The molecule has 10 aromatic rings. The van der Waals surface area contributed by atoms with Gasteiger partial charge in [-0.1, -0.05) is 157 Å². The van der Waals surface area contributed by atoms with Gasteiger partial charge < -0.3 is 23.9 Å². The molecule has 3 aliphatic heterocycles. The Morgan fingerprint density at radius 1 is 0.590 bits per heavy atom. The Balaban J connectivity index is 0.00000529. The normalized spacial score (nSPS) is 21.4. The maximum atomic E-state index is 6.86. The summed E-state index contributed by atoms with van der Waals surface area (Å²) in [6.45, 7) is 2.35. The van der Waals surface area contributed by atoms with Crippen LogP contribution in [0.5, 0.6) is 11.5 Å². The van der Waals surface area contributed by atoms with E-state index in [4.69, 9.17) is 9.72 Å². The van der Waals surface area contributed by atoms with Gasteiger partial charge in [-0.05, 0) is 132 Å². The van der Waals surface area contributed by atoms with Gasteiger partial charge >= 0.3 is 6.85 Å². The number of nitrogens with zero attached hydrogens (tertiary/aromatic N) is 5. The predicted molar refractivity (Wildman–Crippen MR) is 315 cm³/mol. The molecule has 4 saturated carbocycles. The molecule has 4 fully saturated rings. The molecule has 0 spiro atoms. The smallest absolute Gasteiger partial charge is 0.316 e. The number of allylic oxidation sites excluding steroid dienone is 3. The van der Waals surface area contributed by atoms with Gasteiger partial charge in [0.25, 0.3) is 0 Å². The fourth-order valence-electron chi connectivity index (χ4n) is 15.2. The van der Waals surface area contributed by atoms with Gasteiger partial charge in [0.05, 0.1) is 0 Å². The summed E-state index contributed by atoms with van der Waals surface area (Å²) in [4.78, 5) is 12.4. The molecule has 0 amide bonds. The van der Waals surface area contributed by atoms with Crippen molar-refractivity contribution in [1.82, 2.24) is 9.55 Å². The summed E-state index contributed by atoms with van der Waals surface area (Å²) in [5, 5.41) is 2.27. The molecule has 0 radical (unpaired) electrons. The van der Waals surface area contributed by atoms with Crippen LogP contribution in [0.25, 0.3) is 56.0 Å². The van der Waals surface area contributed by atoms with Crippen LogP contribution in [0.15, 0.2) is 230 Å². The first-order valence-corrected chi connectivity index (χ1v) is 27.5. The number of rotatable bonds is 9. The van der Waals surface area contributed by atoms with E-state index in [0.29, 0.717) is 23.3 Å². The van der Waals surface area contributed by atoms with Crippen molar-refractivity contribution in [2.45, 2.75) is 37.5 Å². The molecule has 380 valence electrons. The van der Waals surface area contributed by atoms with E-state index in [1.54, 1.807) is 0 Å². The van der Waals surface area contributed by atoms with Crippen molar-refractivity contribution >= 4 is 63.2 Å². The van der Waals surface area contributed by atoms with Gasteiger partial charge in [-0.2, -0.15) is 12.1 Å². The van der Waals surface area contributed by atoms with E-state index in [1.807, 2.05) is 12.1 Å². The maximum absolute atomic E-state index is 6.86. The second-order valence-corrected chi connectivity index (χ2v) is 22.0. The van der Waals surface area contributed by atoms with Crippen molar-refractivity contribution in [1.29, 1.82) is 0 Å². The molecule has 17 rings (SSSR count). The molecular weight excluding hydrogens is 1130 g/mol. The molecule has 5 heterocycles. The monoisotopic (exact) mass is 1190 g/mol. The summed E-state index contributed by atoms with van der Waals surface area (Å²) in [6.07, 6.45) is 18.1. The Hall–Kier alpha value is -8.12. The van der Waals surface area contributed by atoms with Gasteiger partial charge in [0.1, 0.15) is 5.82 Å². The SMILES string of the molecule is [Pt].[c-]1c(Oc2[c-]c3c(cc2)c2ccccc2n3-c2cc(C3(C4=CC=CN5B4C=Cc4ccccc45)C4CC5CC(C4)CC3C5)ccn2)cccc1N1[CH-]N(c2c(-c3ccccc3)cccc2-c2ccccc2)c2ccccc21. The van der Waals surface area contributed by atoms with Gasteiger partial charge in [-0.25, -0.2) is 4.98 Å². The minimum absolute atomic E-state index is 0. The van der Waals surface area contributed by atoms with E-state index in [0.717, 1.165) is 84.5 Å². The van der Waals surface area contributed by atoms with Crippen molar-refractivity contribution in [2.24, 2.45) is 23.7 Å². The third-order valence-electron chi connectivity index (χ3n) is 18.0. The van der Waals surface area contributed by atoms with Crippen LogP contribution >= 0.6 is 0 Å². The van der Waals surface area contributed by atoms with Crippen molar-refractivity contribution in [3.63, 3.8) is 0 Å². The summed E-state index contributed by atoms with van der Waals surface area (Å²) in [5.74, 6) is 7.38. The summed E-state index contributed by atoms with van der Waals surface area (Å²) >= 11 is 0. The Kier molecular flexibility index (Phi) is 11.4. The second kappa shape index (κ2) is 18.8. The van der Waals surface area contributed by atoms with Crippen LogP contribution in [-0.2, 0) is 26.5 Å². The molecular formula is C70H53BN5OPt-3. The first kappa shape index (κ1) is 47.1. The maximum Gasteiger partial charge on any atom is 0.316 e. The number of aromatic nitrogens is 2. The predicted octanol–water partition coefficient (Wildman–Crippen LogP) is 17.1. The first-order chi connectivity index (χ1) is 38.1. The Morgan fingerprint density at radius 3 is 2.00 bits per heavy atom. The molecule has 0 N–H and O–H groups in total. The fraction of sp³-hybridized carbons (Fsp3) is 0.143. The number of hydrogen-bond acceptors (Lipinski definition) is 5. The molecule has 0 unspecified atom stereocenters. The summed E-state index contributed by atoms with van der Waals surface area (Å²) in [7, 11) is 0. The molecule has 0 saturated heterocycles.